The monoisotopic (exact) mass is 1080 g/mol. The van der Waals surface area contributed by atoms with Crippen LogP contribution in [0.4, 0.5) is 0 Å². The number of aliphatic hydroxyl groups is 2. The van der Waals surface area contributed by atoms with E-state index in [0.29, 0.717) is 24.8 Å². The van der Waals surface area contributed by atoms with Gasteiger partial charge in [-0.05, 0) is 101 Å². The Labute approximate surface area is 452 Å². The number of Topliss-reactive ketones (excluding diaryl/α,β-unsaturated/α-hetero) is 1. The first-order valence-electron chi connectivity index (χ1n) is 27.2. The normalized spacial score (nSPS) is 28.0. The van der Waals surface area contributed by atoms with E-state index in [1.165, 1.54) is 66.8 Å². The minimum atomic E-state index is -1.78. The van der Waals surface area contributed by atoms with E-state index in [-0.39, 0.29) is 62.8 Å². The van der Waals surface area contributed by atoms with E-state index in [4.69, 9.17) is 9.47 Å². The van der Waals surface area contributed by atoms with Gasteiger partial charge in [-0.2, -0.15) is 0 Å². The van der Waals surface area contributed by atoms with E-state index in [1.54, 1.807) is 27.7 Å². The number of amides is 7. The molecule has 22 nitrogen and oxygen atoms in total. The third-order valence-electron chi connectivity index (χ3n) is 14.8. The number of rotatable bonds is 14. The smallest absolute Gasteiger partial charge is 0.329 e. The number of esters is 2. The quantitative estimate of drug-likeness (QED) is 0.103. The summed E-state index contributed by atoms with van der Waals surface area (Å²) in [5.41, 5.74) is 0.462. The molecule has 77 heavy (non-hydrogen) atoms. The molecule has 0 bridgehead atoms. The molecule has 3 fully saturated rings. The van der Waals surface area contributed by atoms with Gasteiger partial charge in [-0.3, -0.25) is 43.2 Å². The van der Waals surface area contributed by atoms with Crippen LogP contribution < -0.4 is 21.3 Å². The van der Waals surface area contributed by atoms with Crippen LogP contribution in [-0.2, 0) is 63.8 Å². The average Bonchev–Trinajstić information content (AvgIpc) is 4.07. The van der Waals surface area contributed by atoms with E-state index < -0.39 is 150 Å². The summed E-state index contributed by atoms with van der Waals surface area (Å²) in [5.74, 6) is -11.2. The van der Waals surface area contributed by atoms with Crippen molar-refractivity contribution in [2.45, 2.75) is 201 Å². The number of carbonyl (C=O) groups is 10. The number of fused-ring (bicyclic) bond motifs is 1. The molecule has 22 heteroatoms. The molecule has 0 unspecified atom stereocenters. The van der Waals surface area contributed by atoms with E-state index in [0.717, 1.165) is 0 Å². The van der Waals surface area contributed by atoms with Crippen LogP contribution in [-0.4, -0.2) is 176 Å². The number of nitrogens with one attached hydrogen (secondary N) is 4. The molecule has 3 aliphatic rings. The first-order chi connectivity index (χ1) is 36.1. The van der Waals surface area contributed by atoms with Crippen molar-refractivity contribution in [1.82, 2.24) is 36.0 Å². The minimum absolute atomic E-state index is 0.0620. The topological polar surface area (TPSA) is 308 Å². The molecule has 430 valence electrons. The molecule has 0 radical (unpaired) electrons. The highest BCUT2D eigenvalue weighted by Crippen LogP contribution is 2.26. The number of ketones is 1. The van der Waals surface area contributed by atoms with Gasteiger partial charge in [-0.25, -0.2) is 4.79 Å². The average molecular weight is 1080 g/mol. The van der Waals surface area contributed by atoms with Crippen LogP contribution in [0.5, 0.6) is 5.75 Å². The summed E-state index contributed by atoms with van der Waals surface area (Å²) >= 11 is 0. The zero-order valence-corrected chi connectivity index (χ0v) is 46.9. The zero-order valence-electron chi connectivity index (χ0n) is 46.9. The maximum atomic E-state index is 14.9. The Hall–Kier alpha value is -6.16. The SMILES string of the molecule is CC[C@@H](C)[C@H]1NC(=O)[C@@H](NC(=O)[C@@H](CC(C)C)N(C)C(=O)[C@@H]2CCCN2C(=O)[C@H](C)O)[C@@H](C)OC(=O)[C@H](Cc2ccc(O)cc2)NC(=O)[C@@H]2CCCN2C(=O)[C@H](CC(C)C)NC(=O)[C@@H](C)C(=O)[C@H](C(C)C)OC(=O)C[C@@H]1O. The van der Waals surface area contributed by atoms with Gasteiger partial charge in [0.25, 0.3) is 5.91 Å². The maximum Gasteiger partial charge on any atom is 0.329 e. The Morgan fingerprint density at radius 1 is 0.818 bits per heavy atom. The van der Waals surface area contributed by atoms with E-state index in [2.05, 4.69) is 21.3 Å². The van der Waals surface area contributed by atoms with Crippen molar-refractivity contribution in [2.24, 2.45) is 29.6 Å². The largest absolute Gasteiger partial charge is 0.508 e. The summed E-state index contributed by atoms with van der Waals surface area (Å²) in [6, 6.07) is -3.30. The number of aliphatic hydroxyl groups excluding tert-OH is 2. The lowest BCUT2D eigenvalue weighted by Gasteiger charge is -2.36. The molecule has 0 aromatic heterocycles. The van der Waals surface area contributed by atoms with Crippen LogP contribution in [0, 0.1) is 29.6 Å². The fourth-order valence-electron chi connectivity index (χ4n) is 10.1. The summed E-state index contributed by atoms with van der Waals surface area (Å²) in [4.78, 5) is 146. The molecule has 0 spiro atoms. The number of cyclic esters (lactones) is 2. The standard InChI is InChI=1S/C55H85N7O15/c1-13-31(8)44-42(65)27-43(66)77-47(30(6)7)46(67)32(9)48(68)56-37(24-28(2)3)53(73)61-22-14-16-39(61)49(69)57-38(26-35-18-20-36(64)21-19-35)55(75)76-34(11)45(51(71)58-44)59-50(70)41(25-29(4)5)60(12)54(74)40-17-15-23-62(40)52(72)33(10)63/h18-21,28-34,37-42,44-45,47,63-65H,13-17,22-27H2,1-12H3,(H,56,68)(H,57,69)(H,58,71)(H,59,70)/t31-,32+,33+,34-,37+,38+,39+,40+,41-,42+,44-,45+,47+/m1/s1. The fourth-order valence-corrected chi connectivity index (χ4v) is 10.1. The third-order valence-corrected chi connectivity index (χ3v) is 14.8. The highest BCUT2D eigenvalue weighted by molar-refractivity contribution is 6.05. The van der Waals surface area contributed by atoms with Gasteiger partial charge in [0.05, 0.1) is 24.5 Å². The number of likely N-dealkylation sites (tertiary alicyclic amines) is 1. The van der Waals surface area contributed by atoms with Crippen molar-refractivity contribution in [3.63, 3.8) is 0 Å². The first kappa shape index (κ1) is 63.4. The Balaban J connectivity index is 1.85. The summed E-state index contributed by atoms with van der Waals surface area (Å²) in [5, 5.41) is 42.9. The van der Waals surface area contributed by atoms with Crippen LogP contribution >= 0.6 is 0 Å². The Morgan fingerprint density at radius 2 is 1.44 bits per heavy atom. The van der Waals surface area contributed by atoms with Crippen LogP contribution in [0.25, 0.3) is 0 Å². The number of phenols is 1. The maximum absolute atomic E-state index is 14.9. The Bertz CT molecular complexity index is 2270. The lowest BCUT2D eigenvalue weighted by molar-refractivity contribution is -0.162. The summed E-state index contributed by atoms with van der Waals surface area (Å²) in [7, 11) is 1.39. The van der Waals surface area contributed by atoms with Crippen LogP contribution in [0.1, 0.15) is 133 Å². The first-order valence-corrected chi connectivity index (χ1v) is 27.2. The van der Waals surface area contributed by atoms with Crippen molar-refractivity contribution >= 4 is 59.1 Å². The van der Waals surface area contributed by atoms with E-state index in [1.807, 2.05) is 27.7 Å². The Kier molecular flexibility index (Phi) is 23.4. The number of nitrogens with zero attached hydrogens (tertiary/aromatic N) is 3. The van der Waals surface area contributed by atoms with Gasteiger partial charge < -0.3 is 60.8 Å². The third kappa shape index (κ3) is 16.9. The van der Waals surface area contributed by atoms with Crippen molar-refractivity contribution < 1.29 is 72.7 Å². The van der Waals surface area contributed by atoms with Crippen LogP contribution in [0.3, 0.4) is 0 Å². The molecule has 0 aliphatic carbocycles. The van der Waals surface area contributed by atoms with Gasteiger partial charge in [0.15, 0.2) is 11.9 Å². The van der Waals surface area contributed by atoms with Crippen molar-refractivity contribution in [1.29, 1.82) is 0 Å². The second kappa shape index (κ2) is 28.5. The molecular formula is C55H85N7O15. The molecule has 3 saturated heterocycles. The summed E-state index contributed by atoms with van der Waals surface area (Å²) in [6.45, 7) is 18.2. The van der Waals surface area contributed by atoms with Crippen molar-refractivity contribution in [3.05, 3.63) is 29.8 Å². The number of hydrogen-bond acceptors (Lipinski definition) is 15. The molecule has 1 aromatic carbocycles. The number of carbonyl (C=O) groups excluding carboxylic acids is 10. The molecule has 3 heterocycles. The Morgan fingerprint density at radius 3 is 2.03 bits per heavy atom. The second-order valence-corrected chi connectivity index (χ2v) is 22.4. The predicted molar refractivity (Wildman–Crippen MR) is 281 cm³/mol. The molecule has 13 atom stereocenters. The molecule has 4 rings (SSSR count). The summed E-state index contributed by atoms with van der Waals surface area (Å²) < 4.78 is 11.7. The predicted octanol–water partition coefficient (Wildman–Crippen LogP) is 1.67. The summed E-state index contributed by atoms with van der Waals surface area (Å²) in [6.07, 6.45) is -5.22. The molecule has 7 amide bonds. The van der Waals surface area contributed by atoms with Gasteiger partial charge in [0.2, 0.25) is 35.4 Å². The van der Waals surface area contributed by atoms with Crippen LogP contribution in [0.2, 0.25) is 0 Å². The number of aromatic hydroxyl groups is 1. The highest BCUT2D eigenvalue weighted by atomic mass is 16.6. The molecule has 3 aliphatic heterocycles. The molecule has 1 aromatic rings. The highest BCUT2D eigenvalue weighted by Gasteiger charge is 2.45. The van der Waals surface area contributed by atoms with Crippen molar-refractivity contribution in [3.8, 4) is 5.75 Å². The minimum Gasteiger partial charge on any atom is -0.508 e. The lowest BCUT2D eigenvalue weighted by atomic mass is 9.91. The molecule has 0 saturated carbocycles. The van der Waals surface area contributed by atoms with E-state index >= 15 is 0 Å². The number of hydrogen-bond donors (Lipinski definition) is 7. The van der Waals surface area contributed by atoms with Gasteiger partial charge in [0, 0.05) is 26.6 Å². The lowest BCUT2D eigenvalue weighted by Crippen LogP contribution is -2.62. The van der Waals surface area contributed by atoms with Gasteiger partial charge in [-0.1, -0.05) is 73.9 Å². The van der Waals surface area contributed by atoms with E-state index in [9.17, 15) is 63.3 Å². The van der Waals surface area contributed by atoms with Crippen LogP contribution in [0.15, 0.2) is 24.3 Å². The van der Waals surface area contributed by atoms with Crippen molar-refractivity contribution in [2.75, 3.05) is 20.1 Å². The number of benzene rings is 1. The van der Waals surface area contributed by atoms with Gasteiger partial charge in [-0.15, -0.1) is 0 Å². The molecular weight excluding hydrogens is 999 g/mol. The van der Waals surface area contributed by atoms with Gasteiger partial charge in [0.1, 0.15) is 54.2 Å². The second-order valence-electron chi connectivity index (χ2n) is 22.4. The zero-order chi connectivity index (χ0) is 57.7. The van der Waals surface area contributed by atoms with Gasteiger partial charge >= 0.3 is 11.9 Å². The molecule has 7 N–H and O–H groups in total. The number of likely N-dealkylation sites (N-methyl/N-ethyl adjacent to an activating group) is 1. The number of ether oxygens (including phenoxy) is 2. The number of phenolic OH excluding ortho intramolecular Hbond substituents is 1. The fraction of sp³-hybridized carbons (Fsp3) is 0.709.